The van der Waals surface area contributed by atoms with Crippen LogP contribution in [-0.4, -0.2) is 104 Å². The van der Waals surface area contributed by atoms with Crippen molar-refractivity contribution >= 4 is 23.2 Å². The number of carbonyl (C=O) groups excluding carboxylic acids is 1. The molecule has 4 rings (SSSR count). The van der Waals surface area contributed by atoms with E-state index in [1.54, 1.807) is 7.05 Å². The normalized spacial score (nSPS) is 20.5. The molecular formula is C24H39N7O2. The lowest BCUT2D eigenvalue weighted by Gasteiger charge is -2.39. The lowest BCUT2D eigenvalue weighted by molar-refractivity contribution is -0.126. The van der Waals surface area contributed by atoms with Gasteiger partial charge in [0.2, 0.25) is 5.91 Å². The Hall–Kier alpha value is -2.65. The van der Waals surface area contributed by atoms with Crippen molar-refractivity contribution in [2.24, 2.45) is 10.7 Å². The Bertz CT molecular complexity index is 822. The molecule has 3 fully saturated rings. The van der Waals surface area contributed by atoms with Crippen LogP contribution >= 0.6 is 0 Å². The van der Waals surface area contributed by atoms with Gasteiger partial charge in [0.1, 0.15) is 17.3 Å². The van der Waals surface area contributed by atoms with Crippen LogP contribution in [0.4, 0.5) is 11.5 Å². The number of aliphatic imine (C=N–C) groups is 1. The van der Waals surface area contributed by atoms with E-state index >= 15 is 0 Å². The van der Waals surface area contributed by atoms with Crippen molar-refractivity contribution in [2.45, 2.75) is 31.7 Å². The first-order chi connectivity index (χ1) is 16.1. The molecule has 1 aromatic rings. The molecule has 1 amide bonds. The number of nitrogens with two attached hydrogens (primary N) is 1. The van der Waals surface area contributed by atoms with Crippen LogP contribution in [0.2, 0.25) is 0 Å². The summed E-state index contributed by atoms with van der Waals surface area (Å²) in [5.74, 6) is 1.42. The van der Waals surface area contributed by atoms with E-state index < -0.39 is 0 Å². The standard InChI is InChI=1S/C23H35N7O.CH4O/c1-3-22(31)30-14-10-28(11-15-30)19-16-20(23(24)25-2)26-21(17-19)29-12-8-27(9-13-29)18-6-4-5-7-18;1-2/h3,16-18H,1,4-15H2,2H3,(H2,24,25);2H,1H3. The van der Waals surface area contributed by atoms with Crippen LogP contribution in [0.15, 0.2) is 29.8 Å². The van der Waals surface area contributed by atoms with Crippen molar-refractivity contribution in [3.63, 3.8) is 0 Å². The predicted octanol–water partition coefficient (Wildman–Crippen LogP) is 0.924. The summed E-state index contributed by atoms with van der Waals surface area (Å²) in [6, 6.07) is 4.96. The highest BCUT2D eigenvalue weighted by atomic mass is 16.2. The zero-order valence-corrected chi connectivity index (χ0v) is 20.1. The van der Waals surface area contributed by atoms with Crippen LogP contribution in [0, 0.1) is 0 Å². The van der Waals surface area contributed by atoms with Crippen LogP contribution in [0.25, 0.3) is 0 Å². The Balaban J connectivity index is 0.00000149. The van der Waals surface area contributed by atoms with E-state index in [0.717, 1.165) is 69.6 Å². The van der Waals surface area contributed by atoms with Gasteiger partial charge in [0, 0.05) is 84.3 Å². The molecular weight excluding hydrogens is 418 g/mol. The van der Waals surface area contributed by atoms with E-state index in [4.69, 9.17) is 15.8 Å². The Morgan fingerprint density at radius 1 is 1.06 bits per heavy atom. The summed E-state index contributed by atoms with van der Waals surface area (Å²) in [7, 11) is 2.70. The number of nitrogens with zero attached hydrogens (tertiary/aromatic N) is 6. The average Bonchev–Trinajstić information content (AvgIpc) is 3.44. The molecule has 0 atom stereocenters. The van der Waals surface area contributed by atoms with Gasteiger partial charge in [-0.2, -0.15) is 0 Å². The van der Waals surface area contributed by atoms with Gasteiger partial charge in [-0.3, -0.25) is 14.7 Å². The topological polar surface area (TPSA) is 102 Å². The molecule has 0 bridgehead atoms. The number of pyridine rings is 1. The quantitative estimate of drug-likeness (QED) is 0.385. The molecule has 0 spiro atoms. The number of hydrogen-bond acceptors (Lipinski definition) is 7. The van der Waals surface area contributed by atoms with E-state index in [9.17, 15) is 4.79 Å². The maximum atomic E-state index is 11.9. The summed E-state index contributed by atoms with van der Waals surface area (Å²) in [6.45, 7) is 10.7. The summed E-state index contributed by atoms with van der Waals surface area (Å²) in [6.07, 6.45) is 6.84. The van der Waals surface area contributed by atoms with Gasteiger partial charge >= 0.3 is 0 Å². The third kappa shape index (κ3) is 6.03. The molecule has 2 saturated heterocycles. The molecule has 33 heavy (non-hydrogen) atoms. The maximum Gasteiger partial charge on any atom is 0.246 e. The molecule has 9 nitrogen and oxygen atoms in total. The fraction of sp³-hybridized carbons (Fsp3) is 0.625. The molecule has 182 valence electrons. The number of carbonyl (C=O) groups is 1. The van der Waals surface area contributed by atoms with Gasteiger partial charge in [-0.15, -0.1) is 0 Å². The molecule has 1 saturated carbocycles. The number of rotatable bonds is 5. The summed E-state index contributed by atoms with van der Waals surface area (Å²) in [4.78, 5) is 30.1. The molecule has 3 aliphatic rings. The summed E-state index contributed by atoms with van der Waals surface area (Å²) in [5.41, 5.74) is 7.97. The fourth-order valence-electron chi connectivity index (χ4n) is 4.99. The van der Waals surface area contributed by atoms with Gasteiger partial charge in [0.25, 0.3) is 0 Å². The van der Waals surface area contributed by atoms with E-state index in [2.05, 4.69) is 32.3 Å². The largest absolute Gasteiger partial charge is 0.400 e. The lowest BCUT2D eigenvalue weighted by atomic mass is 10.1. The number of amides is 1. The van der Waals surface area contributed by atoms with Crippen molar-refractivity contribution < 1.29 is 9.90 Å². The summed E-state index contributed by atoms with van der Waals surface area (Å²) < 4.78 is 0. The van der Waals surface area contributed by atoms with Gasteiger partial charge in [0.05, 0.1) is 0 Å². The Kier molecular flexibility index (Phi) is 9.08. The third-order valence-corrected chi connectivity index (χ3v) is 6.91. The number of aliphatic hydroxyl groups is 1. The highest BCUT2D eigenvalue weighted by Crippen LogP contribution is 2.27. The second-order valence-corrected chi connectivity index (χ2v) is 8.66. The van der Waals surface area contributed by atoms with Gasteiger partial charge in [-0.25, -0.2) is 4.98 Å². The molecule has 3 heterocycles. The van der Waals surface area contributed by atoms with Crippen molar-refractivity contribution in [1.82, 2.24) is 14.8 Å². The minimum atomic E-state index is -0.00162. The zero-order chi connectivity index (χ0) is 23.8. The van der Waals surface area contributed by atoms with E-state index in [1.807, 2.05) is 11.0 Å². The van der Waals surface area contributed by atoms with Crippen molar-refractivity contribution in [1.29, 1.82) is 0 Å². The second-order valence-electron chi connectivity index (χ2n) is 8.66. The first-order valence-electron chi connectivity index (χ1n) is 11.9. The molecule has 3 N–H and O–H groups in total. The first-order valence-corrected chi connectivity index (χ1v) is 11.9. The number of hydrogen-bond donors (Lipinski definition) is 2. The predicted molar refractivity (Wildman–Crippen MR) is 134 cm³/mol. The number of amidine groups is 1. The highest BCUT2D eigenvalue weighted by Gasteiger charge is 2.27. The van der Waals surface area contributed by atoms with Crippen LogP contribution < -0.4 is 15.5 Å². The van der Waals surface area contributed by atoms with Crippen LogP contribution in [0.1, 0.15) is 31.4 Å². The number of aromatic nitrogens is 1. The van der Waals surface area contributed by atoms with Gasteiger partial charge in [0.15, 0.2) is 0 Å². The van der Waals surface area contributed by atoms with E-state index in [1.165, 1.54) is 31.8 Å². The second kappa shape index (κ2) is 12.0. The highest BCUT2D eigenvalue weighted by molar-refractivity contribution is 5.97. The van der Waals surface area contributed by atoms with Gasteiger partial charge in [-0.1, -0.05) is 19.4 Å². The molecule has 0 aromatic carbocycles. The zero-order valence-electron chi connectivity index (χ0n) is 20.1. The minimum Gasteiger partial charge on any atom is -0.400 e. The first kappa shape index (κ1) is 25.0. The molecule has 2 aliphatic heterocycles. The number of aliphatic hydroxyl groups excluding tert-OH is 1. The number of piperazine rings is 2. The van der Waals surface area contributed by atoms with Crippen LogP contribution in [0.3, 0.4) is 0 Å². The Labute approximate surface area is 197 Å². The Morgan fingerprint density at radius 2 is 1.67 bits per heavy atom. The molecule has 1 aliphatic carbocycles. The third-order valence-electron chi connectivity index (χ3n) is 6.91. The van der Waals surface area contributed by atoms with Gasteiger partial charge < -0.3 is 25.5 Å². The van der Waals surface area contributed by atoms with E-state index in [-0.39, 0.29) is 5.91 Å². The van der Waals surface area contributed by atoms with E-state index in [0.29, 0.717) is 18.9 Å². The van der Waals surface area contributed by atoms with Crippen LogP contribution in [0.5, 0.6) is 0 Å². The smallest absolute Gasteiger partial charge is 0.246 e. The summed E-state index contributed by atoms with van der Waals surface area (Å²) >= 11 is 0. The lowest BCUT2D eigenvalue weighted by Crippen LogP contribution is -2.50. The van der Waals surface area contributed by atoms with Gasteiger partial charge in [-0.05, 0) is 25.0 Å². The van der Waals surface area contributed by atoms with Crippen molar-refractivity contribution in [3.8, 4) is 0 Å². The SMILES string of the molecule is C=CC(=O)N1CCN(c2cc(C(N)=NC)nc(N3CCN(C4CCCC4)CC3)c2)CC1.CO. The molecule has 0 unspecified atom stereocenters. The average molecular weight is 458 g/mol. The monoisotopic (exact) mass is 457 g/mol. The van der Waals surface area contributed by atoms with Crippen molar-refractivity contribution in [3.05, 3.63) is 30.5 Å². The number of anilines is 2. The van der Waals surface area contributed by atoms with Crippen molar-refractivity contribution in [2.75, 3.05) is 76.3 Å². The van der Waals surface area contributed by atoms with Crippen LogP contribution in [-0.2, 0) is 4.79 Å². The maximum absolute atomic E-state index is 11.9. The Morgan fingerprint density at radius 3 is 2.24 bits per heavy atom. The molecule has 0 radical (unpaired) electrons. The fourth-order valence-corrected chi connectivity index (χ4v) is 4.99. The minimum absolute atomic E-state index is 0.00162. The summed E-state index contributed by atoms with van der Waals surface area (Å²) in [5, 5.41) is 7.00. The molecule has 9 heteroatoms. The molecule has 1 aromatic heterocycles.